The Labute approximate surface area is 124 Å². The minimum absolute atomic E-state index is 0.108. The maximum absolute atomic E-state index is 12.4. The molecule has 20 heavy (non-hydrogen) atoms. The molecule has 1 saturated heterocycles. The van der Waals surface area contributed by atoms with Crippen molar-refractivity contribution in [2.45, 2.75) is 6.42 Å². The van der Waals surface area contributed by atoms with Crippen LogP contribution >= 0.6 is 11.6 Å². The number of nitrogens with zero attached hydrogens (tertiary/aromatic N) is 2. The van der Waals surface area contributed by atoms with Gasteiger partial charge >= 0.3 is 0 Å². The number of amides is 1. The summed E-state index contributed by atoms with van der Waals surface area (Å²) < 4.78 is 24.5. The van der Waals surface area contributed by atoms with Crippen molar-refractivity contribution < 1.29 is 13.2 Å². The first-order valence-electron chi connectivity index (χ1n) is 6.38. The van der Waals surface area contributed by atoms with E-state index in [1.165, 1.54) is 10.6 Å². The largest absolute Gasteiger partial charge is 0.337 e. The van der Waals surface area contributed by atoms with Crippen molar-refractivity contribution in [3.8, 4) is 0 Å². The van der Waals surface area contributed by atoms with Gasteiger partial charge in [-0.3, -0.25) is 4.79 Å². The van der Waals surface area contributed by atoms with Gasteiger partial charge in [0.2, 0.25) is 10.0 Å². The highest BCUT2D eigenvalue weighted by Crippen LogP contribution is 2.15. The van der Waals surface area contributed by atoms with Crippen LogP contribution in [0.2, 0.25) is 5.02 Å². The van der Waals surface area contributed by atoms with Gasteiger partial charge in [0.15, 0.2) is 0 Å². The molecular weight excluding hydrogens is 300 g/mol. The molecule has 1 aromatic carbocycles. The molecule has 0 unspecified atom stereocenters. The predicted octanol–water partition coefficient (Wildman–Crippen LogP) is 1.45. The summed E-state index contributed by atoms with van der Waals surface area (Å²) in [6.07, 6.45) is 1.83. The minimum atomic E-state index is -3.20. The van der Waals surface area contributed by atoms with E-state index >= 15 is 0 Å². The van der Waals surface area contributed by atoms with E-state index < -0.39 is 10.0 Å². The van der Waals surface area contributed by atoms with Gasteiger partial charge in [-0.15, -0.1) is 0 Å². The van der Waals surface area contributed by atoms with Crippen LogP contribution in [-0.4, -0.2) is 56.0 Å². The van der Waals surface area contributed by atoms with Crippen molar-refractivity contribution in [2.24, 2.45) is 0 Å². The molecule has 110 valence electrons. The lowest BCUT2D eigenvalue weighted by atomic mass is 10.2. The van der Waals surface area contributed by atoms with Crippen LogP contribution in [0.25, 0.3) is 0 Å². The number of rotatable bonds is 2. The Morgan fingerprint density at radius 2 is 1.95 bits per heavy atom. The Morgan fingerprint density at radius 3 is 2.60 bits per heavy atom. The fourth-order valence-corrected chi connectivity index (χ4v) is 3.30. The van der Waals surface area contributed by atoms with E-state index in [4.69, 9.17) is 11.6 Å². The number of halogens is 1. The number of hydrogen-bond donors (Lipinski definition) is 0. The summed E-state index contributed by atoms with van der Waals surface area (Å²) >= 11 is 5.88. The molecule has 1 aliphatic heterocycles. The second kappa shape index (κ2) is 6.11. The summed E-state index contributed by atoms with van der Waals surface area (Å²) in [6, 6.07) is 6.79. The third kappa shape index (κ3) is 3.71. The molecule has 0 radical (unpaired) electrons. The highest BCUT2D eigenvalue weighted by molar-refractivity contribution is 7.88. The molecule has 1 fully saturated rings. The summed E-state index contributed by atoms with van der Waals surface area (Å²) in [7, 11) is -3.20. The highest BCUT2D eigenvalue weighted by atomic mass is 35.5. The maximum Gasteiger partial charge on any atom is 0.253 e. The third-order valence-electron chi connectivity index (χ3n) is 3.28. The van der Waals surface area contributed by atoms with Gasteiger partial charge in [-0.05, 0) is 24.6 Å². The van der Waals surface area contributed by atoms with Crippen LogP contribution in [0.3, 0.4) is 0 Å². The predicted molar refractivity (Wildman–Crippen MR) is 78.4 cm³/mol. The van der Waals surface area contributed by atoms with Crippen LogP contribution in [-0.2, 0) is 10.0 Å². The Hall–Kier alpha value is -1.11. The Kier molecular flexibility index (Phi) is 4.67. The second-order valence-corrected chi connectivity index (χ2v) is 7.24. The Morgan fingerprint density at radius 1 is 1.20 bits per heavy atom. The van der Waals surface area contributed by atoms with Gasteiger partial charge < -0.3 is 4.90 Å². The average molecular weight is 317 g/mol. The van der Waals surface area contributed by atoms with Crippen molar-refractivity contribution in [1.82, 2.24) is 9.21 Å². The summed E-state index contributed by atoms with van der Waals surface area (Å²) in [5.41, 5.74) is 0.533. The summed E-state index contributed by atoms with van der Waals surface area (Å²) in [4.78, 5) is 14.0. The average Bonchev–Trinajstić information content (AvgIpc) is 2.63. The lowest BCUT2D eigenvalue weighted by molar-refractivity contribution is 0.0764. The van der Waals surface area contributed by atoms with Gasteiger partial charge in [0.05, 0.1) is 6.26 Å². The fraction of sp³-hybridized carbons (Fsp3) is 0.462. The number of benzene rings is 1. The van der Waals surface area contributed by atoms with Gasteiger partial charge in [0.1, 0.15) is 0 Å². The van der Waals surface area contributed by atoms with Gasteiger partial charge in [0.25, 0.3) is 5.91 Å². The van der Waals surface area contributed by atoms with E-state index in [1.807, 2.05) is 0 Å². The molecule has 0 aliphatic carbocycles. The second-order valence-electron chi connectivity index (χ2n) is 4.82. The molecule has 1 heterocycles. The topological polar surface area (TPSA) is 57.7 Å². The van der Waals surface area contributed by atoms with Crippen LogP contribution in [0.4, 0.5) is 0 Å². The molecule has 7 heteroatoms. The van der Waals surface area contributed by atoms with Crippen molar-refractivity contribution in [2.75, 3.05) is 32.4 Å². The normalized spacial score (nSPS) is 17.8. The van der Waals surface area contributed by atoms with E-state index in [2.05, 4.69) is 0 Å². The number of hydrogen-bond acceptors (Lipinski definition) is 3. The first-order chi connectivity index (χ1) is 9.38. The van der Waals surface area contributed by atoms with E-state index in [1.54, 1.807) is 29.2 Å². The number of sulfonamides is 1. The zero-order valence-corrected chi connectivity index (χ0v) is 12.8. The summed E-state index contributed by atoms with van der Waals surface area (Å²) in [6.45, 7) is 1.75. The van der Waals surface area contributed by atoms with Gasteiger partial charge in [-0.25, -0.2) is 12.7 Å². The van der Waals surface area contributed by atoms with Crippen molar-refractivity contribution >= 4 is 27.5 Å². The quantitative estimate of drug-likeness (QED) is 0.829. The van der Waals surface area contributed by atoms with Crippen LogP contribution in [0.15, 0.2) is 24.3 Å². The summed E-state index contributed by atoms with van der Waals surface area (Å²) in [5.74, 6) is -0.108. The molecule has 1 aromatic rings. The zero-order chi connectivity index (χ0) is 14.8. The Balaban J connectivity index is 2.09. The molecule has 2 rings (SSSR count). The highest BCUT2D eigenvalue weighted by Gasteiger charge is 2.24. The van der Waals surface area contributed by atoms with Crippen LogP contribution < -0.4 is 0 Å². The molecule has 0 bridgehead atoms. The van der Waals surface area contributed by atoms with Gasteiger partial charge in [-0.2, -0.15) is 0 Å². The fourth-order valence-electron chi connectivity index (χ4n) is 2.23. The first kappa shape index (κ1) is 15.3. The lowest BCUT2D eigenvalue weighted by Gasteiger charge is -2.21. The van der Waals surface area contributed by atoms with Crippen molar-refractivity contribution in [3.63, 3.8) is 0 Å². The van der Waals surface area contributed by atoms with Crippen molar-refractivity contribution in [1.29, 1.82) is 0 Å². The standard InChI is InChI=1S/C13H17ClN2O3S/c1-20(18,19)16-7-3-6-15(8-9-16)13(17)11-4-2-5-12(14)10-11/h2,4-5,10H,3,6-9H2,1H3. The van der Waals surface area contributed by atoms with Gasteiger partial charge in [-0.1, -0.05) is 17.7 Å². The lowest BCUT2D eigenvalue weighted by Crippen LogP contribution is -2.36. The minimum Gasteiger partial charge on any atom is -0.337 e. The van der Waals surface area contributed by atoms with Crippen LogP contribution in [0, 0.1) is 0 Å². The smallest absolute Gasteiger partial charge is 0.253 e. The molecule has 5 nitrogen and oxygen atoms in total. The van der Waals surface area contributed by atoms with E-state index in [-0.39, 0.29) is 5.91 Å². The van der Waals surface area contributed by atoms with Crippen LogP contribution in [0.1, 0.15) is 16.8 Å². The van der Waals surface area contributed by atoms with Crippen LogP contribution in [0.5, 0.6) is 0 Å². The molecule has 0 atom stereocenters. The zero-order valence-electron chi connectivity index (χ0n) is 11.3. The molecule has 1 aliphatic rings. The molecule has 1 amide bonds. The Bertz CT molecular complexity index is 603. The molecule has 0 aromatic heterocycles. The SMILES string of the molecule is CS(=O)(=O)N1CCCN(C(=O)c2cccc(Cl)c2)CC1. The molecule has 0 saturated carbocycles. The van der Waals surface area contributed by atoms with Crippen molar-refractivity contribution in [3.05, 3.63) is 34.9 Å². The summed E-state index contributed by atoms with van der Waals surface area (Å²) in [5, 5.41) is 0.517. The monoisotopic (exact) mass is 316 g/mol. The number of carbonyl (C=O) groups is 1. The maximum atomic E-state index is 12.4. The number of carbonyl (C=O) groups excluding carboxylic acids is 1. The molecule has 0 spiro atoms. The third-order valence-corrected chi connectivity index (χ3v) is 4.82. The molecular formula is C13H17ClN2O3S. The van der Waals surface area contributed by atoms with E-state index in [9.17, 15) is 13.2 Å². The van der Waals surface area contributed by atoms with E-state index in [0.717, 1.165) is 0 Å². The van der Waals surface area contributed by atoms with E-state index in [0.29, 0.717) is 43.2 Å². The first-order valence-corrected chi connectivity index (χ1v) is 8.60. The molecule has 0 N–H and O–H groups in total. The van der Waals surface area contributed by atoms with Gasteiger partial charge in [0, 0.05) is 36.8 Å².